The lowest BCUT2D eigenvalue weighted by molar-refractivity contribution is 0.0519. The van der Waals surface area contributed by atoms with E-state index in [0.717, 1.165) is 27.1 Å². The predicted octanol–water partition coefficient (Wildman–Crippen LogP) is 7.02. The first-order valence-electron chi connectivity index (χ1n) is 9.36. The summed E-state index contributed by atoms with van der Waals surface area (Å²) in [6.45, 7) is 0. The van der Waals surface area contributed by atoms with Crippen LogP contribution in [0.25, 0.3) is 10.9 Å². The molecule has 0 radical (unpaired) electrons. The zero-order valence-electron chi connectivity index (χ0n) is 16.2. The van der Waals surface area contributed by atoms with Gasteiger partial charge in [0, 0.05) is 26.7 Å². The molecule has 4 nitrogen and oxygen atoms in total. The molecular weight excluding hydrogens is 451 g/mol. The van der Waals surface area contributed by atoms with Gasteiger partial charge < -0.3 is 4.84 Å². The second-order valence-corrected chi connectivity index (χ2v) is 8.45. The van der Waals surface area contributed by atoms with Crippen molar-refractivity contribution in [2.24, 2.45) is 5.16 Å². The van der Waals surface area contributed by atoms with Crippen LogP contribution in [0.5, 0.6) is 0 Å². The lowest BCUT2D eigenvalue weighted by Gasteiger charge is -2.08. The fourth-order valence-corrected chi connectivity index (χ4v) is 4.11. The number of benzene rings is 3. The fraction of sp³-hybridized carbons (Fsp3) is 0.0417. The smallest absolute Gasteiger partial charge is 0.313 e. The summed E-state index contributed by atoms with van der Waals surface area (Å²) in [4.78, 5) is 22.0. The van der Waals surface area contributed by atoms with Crippen molar-refractivity contribution in [1.82, 2.24) is 4.98 Å². The summed E-state index contributed by atoms with van der Waals surface area (Å²) in [5.41, 5.74) is 3.10. The van der Waals surface area contributed by atoms with Gasteiger partial charge in [-0.1, -0.05) is 64.8 Å². The lowest BCUT2D eigenvalue weighted by Crippen LogP contribution is -2.01. The van der Waals surface area contributed by atoms with Crippen LogP contribution in [0, 0.1) is 0 Å². The van der Waals surface area contributed by atoms with E-state index in [0.29, 0.717) is 21.4 Å². The molecule has 0 bridgehead atoms. The van der Waals surface area contributed by atoms with Crippen molar-refractivity contribution in [2.75, 3.05) is 0 Å². The van der Waals surface area contributed by atoms with Gasteiger partial charge in [-0.05, 0) is 48.0 Å². The molecule has 0 spiro atoms. The zero-order valence-corrected chi connectivity index (χ0v) is 18.5. The molecule has 0 aliphatic heterocycles. The number of fused-ring (bicyclic) bond motifs is 1. The van der Waals surface area contributed by atoms with Gasteiger partial charge in [0.2, 0.25) is 0 Å². The second-order valence-electron chi connectivity index (χ2n) is 6.61. The van der Waals surface area contributed by atoms with Crippen LogP contribution in [0.15, 0.2) is 89.0 Å². The molecule has 4 rings (SSSR count). The molecule has 0 saturated carbocycles. The third-order valence-corrected chi connectivity index (χ3v) is 5.96. The second kappa shape index (κ2) is 9.96. The number of hydrogen-bond donors (Lipinski definition) is 0. The number of oxime groups is 1. The molecule has 31 heavy (non-hydrogen) atoms. The summed E-state index contributed by atoms with van der Waals surface area (Å²) in [5.74, 6) is 0.133. The Labute approximate surface area is 193 Å². The highest BCUT2D eigenvalue weighted by atomic mass is 35.5. The van der Waals surface area contributed by atoms with Gasteiger partial charge in [-0.2, -0.15) is 0 Å². The van der Waals surface area contributed by atoms with Crippen LogP contribution in [0.1, 0.15) is 21.5 Å². The highest BCUT2D eigenvalue weighted by molar-refractivity contribution is 7.98. The molecule has 1 heterocycles. The first-order valence-corrected chi connectivity index (χ1v) is 11.1. The number of rotatable bonds is 6. The maximum Gasteiger partial charge on any atom is 0.365 e. The monoisotopic (exact) mass is 466 g/mol. The average molecular weight is 467 g/mol. The van der Waals surface area contributed by atoms with E-state index in [-0.39, 0.29) is 0 Å². The average Bonchev–Trinajstić information content (AvgIpc) is 2.78. The molecule has 0 N–H and O–H groups in total. The Morgan fingerprint density at radius 3 is 2.58 bits per heavy atom. The number of halogens is 2. The molecule has 0 atom stereocenters. The normalized spacial score (nSPS) is 11.2. The number of carbonyl (C=O) groups is 1. The summed E-state index contributed by atoms with van der Waals surface area (Å²) in [5, 5.41) is 6.81. The van der Waals surface area contributed by atoms with Gasteiger partial charge in [0.15, 0.2) is 0 Å². The van der Waals surface area contributed by atoms with Gasteiger partial charge >= 0.3 is 5.97 Å². The molecule has 0 fully saturated rings. The number of nitrogens with zero attached hydrogens (tertiary/aromatic N) is 2. The molecule has 0 amide bonds. The van der Waals surface area contributed by atoms with Crippen molar-refractivity contribution in [3.05, 3.63) is 106 Å². The Balaban J connectivity index is 1.55. The highest BCUT2D eigenvalue weighted by Gasteiger charge is 2.09. The summed E-state index contributed by atoms with van der Waals surface area (Å²) in [6, 6.07) is 24.0. The van der Waals surface area contributed by atoms with E-state index in [1.165, 1.54) is 12.3 Å². The largest absolute Gasteiger partial charge is 0.365 e. The predicted molar refractivity (Wildman–Crippen MR) is 127 cm³/mol. The van der Waals surface area contributed by atoms with Crippen LogP contribution >= 0.6 is 35.0 Å². The first-order chi connectivity index (χ1) is 15.1. The van der Waals surface area contributed by atoms with Crippen molar-refractivity contribution >= 4 is 58.1 Å². The van der Waals surface area contributed by atoms with E-state index in [1.54, 1.807) is 30.0 Å². The third-order valence-electron chi connectivity index (χ3n) is 4.39. The van der Waals surface area contributed by atoms with E-state index in [4.69, 9.17) is 33.0 Å². The Hall–Kier alpha value is -2.86. The molecule has 0 aliphatic carbocycles. The van der Waals surface area contributed by atoms with E-state index in [9.17, 15) is 4.79 Å². The van der Waals surface area contributed by atoms with E-state index < -0.39 is 5.97 Å². The van der Waals surface area contributed by atoms with Crippen LogP contribution in [0.3, 0.4) is 0 Å². The number of aromatic nitrogens is 1. The summed E-state index contributed by atoms with van der Waals surface area (Å²) < 4.78 is 0. The van der Waals surface area contributed by atoms with Crippen molar-refractivity contribution in [3.63, 3.8) is 0 Å². The fourth-order valence-electron chi connectivity index (χ4n) is 2.85. The summed E-state index contributed by atoms with van der Waals surface area (Å²) in [7, 11) is 0. The molecule has 154 valence electrons. The van der Waals surface area contributed by atoms with Crippen LogP contribution in [-0.4, -0.2) is 17.2 Å². The Kier molecular flexibility index (Phi) is 6.87. The van der Waals surface area contributed by atoms with E-state index >= 15 is 0 Å². The molecule has 7 heteroatoms. The molecule has 4 aromatic rings. The zero-order chi connectivity index (χ0) is 21.6. The molecular formula is C24H16Cl2N2O2S. The van der Waals surface area contributed by atoms with Gasteiger partial charge in [0.1, 0.15) is 5.03 Å². The molecule has 0 unspecified atom stereocenters. The number of pyridine rings is 1. The van der Waals surface area contributed by atoms with Gasteiger partial charge in [0.05, 0.1) is 17.3 Å². The maximum absolute atomic E-state index is 12.2. The summed E-state index contributed by atoms with van der Waals surface area (Å²) >= 11 is 13.5. The topological polar surface area (TPSA) is 51.5 Å². The highest BCUT2D eigenvalue weighted by Crippen LogP contribution is 2.27. The quantitative estimate of drug-likeness (QED) is 0.132. The first kappa shape index (κ1) is 21.4. The molecule has 3 aromatic carbocycles. The number of carbonyl (C=O) groups excluding carboxylic acids is 1. The molecule has 0 aliphatic rings. The number of para-hydroxylation sites is 1. The van der Waals surface area contributed by atoms with Crippen LogP contribution in [0.4, 0.5) is 0 Å². The number of hydrogen-bond acceptors (Lipinski definition) is 5. The lowest BCUT2D eigenvalue weighted by atomic mass is 10.2. The standard InChI is InChI=1S/C24H16Cl2N2O2S/c25-20-10-8-16(9-11-20)15-31-23-19(12-17-4-1-2-7-22(17)28-23)14-27-30-24(29)18-5-3-6-21(26)13-18/h1-14H,15H2/b27-14+. The minimum absolute atomic E-state index is 0.332. The van der Waals surface area contributed by atoms with Crippen LogP contribution in [0.2, 0.25) is 10.0 Å². The third kappa shape index (κ3) is 5.64. The number of thioether (sulfide) groups is 1. The van der Waals surface area contributed by atoms with Crippen molar-refractivity contribution in [1.29, 1.82) is 0 Å². The Morgan fingerprint density at radius 2 is 1.77 bits per heavy atom. The Morgan fingerprint density at radius 1 is 0.968 bits per heavy atom. The van der Waals surface area contributed by atoms with Crippen molar-refractivity contribution in [2.45, 2.75) is 10.8 Å². The SMILES string of the molecule is O=C(O/N=C/c1cc2ccccc2nc1SCc1ccc(Cl)cc1)c1cccc(Cl)c1. The minimum Gasteiger partial charge on any atom is -0.313 e. The maximum atomic E-state index is 12.2. The van der Waals surface area contributed by atoms with E-state index in [2.05, 4.69) is 5.16 Å². The summed E-state index contributed by atoms with van der Waals surface area (Å²) in [6.07, 6.45) is 1.51. The van der Waals surface area contributed by atoms with E-state index in [1.807, 2.05) is 54.6 Å². The van der Waals surface area contributed by atoms with Crippen molar-refractivity contribution in [3.8, 4) is 0 Å². The molecule has 0 saturated heterocycles. The molecule has 1 aromatic heterocycles. The van der Waals surface area contributed by atoms with Crippen LogP contribution in [-0.2, 0) is 10.6 Å². The van der Waals surface area contributed by atoms with Gasteiger partial charge in [-0.3, -0.25) is 0 Å². The van der Waals surface area contributed by atoms with Crippen LogP contribution < -0.4 is 0 Å². The van der Waals surface area contributed by atoms with Gasteiger partial charge in [0.25, 0.3) is 0 Å². The van der Waals surface area contributed by atoms with Gasteiger partial charge in [-0.25, -0.2) is 9.78 Å². The van der Waals surface area contributed by atoms with Gasteiger partial charge in [-0.15, -0.1) is 11.8 Å². The minimum atomic E-state index is -0.581. The van der Waals surface area contributed by atoms with Crippen molar-refractivity contribution < 1.29 is 9.63 Å². The Bertz CT molecular complexity index is 1260.